The molecule has 0 aliphatic carbocycles. The average molecular weight is 324 g/mol. The largest absolute Gasteiger partial charge is 0.493 e. The molecule has 0 saturated heterocycles. The van der Waals surface area contributed by atoms with Gasteiger partial charge in [-0.05, 0) is 34.2 Å². The first-order valence-corrected chi connectivity index (χ1v) is 9.01. The minimum absolute atomic E-state index is 0.234. The lowest BCUT2D eigenvalue weighted by molar-refractivity contribution is 0.357. The van der Waals surface area contributed by atoms with Crippen molar-refractivity contribution in [2.45, 2.75) is 23.7 Å². The second-order valence-corrected chi connectivity index (χ2v) is 7.60. The lowest BCUT2D eigenvalue weighted by Gasteiger charge is -2.07. The first-order valence-electron chi connectivity index (χ1n) is 6.58. The molecule has 3 rings (SSSR count). The van der Waals surface area contributed by atoms with Crippen molar-refractivity contribution < 1.29 is 13.2 Å². The predicted molar refractivity (Wildman–Crippen MR) is 81.9 cm³/mol. The number of primary sulfonamides is 1. The Hall–Kier alpha value is -1.41. The molecule has 0 spiro atoms. The summed E-state index contributed by atoms with van der Waals surface area (Å²) in [4.78, 5) is 0. The van der Waals surface area contributed by atoms with Crippen molar-refractivity contribution in [3.05, 3.63) is 46.3 Å². The van der Waals surface area contributed by atoms with Gasteiger partial charge in [0.25, 0.3) is 0 Å². The smallest absolute Gasteiger partial charge is 0.247 e. The quantitative estimate of drug-likeness (QED) is 0.876. The third-order valence-electron chi connectivity index (χ3n) is 3.36. The van der Waals surface area contributed by atoms with Gasteiger partial charge < -0.3 is 10.1 Å². The number of hydrogen-bond acceptors (Lipinski definition) is 5. The highest BCUT2D eigenvalue weighted by Gasteiger charge is 2.15. The monoisotopic (exact) mass is 324 g/mol. The van der Waals surface area contributed by atoms with Crippen molar-refractivity contribution in [1.29, 1.82) is 0 Å². The molecule has 0 atom stereocenters. The average Bonchev–Trinajstić information content (AvgIpc) is 3.05. The van der Waals surface area contributed by atoms with Crippen LogP contribution in [0.5, 0.6) is 5.75 Å². The molecule has 112 valence electrons. The van der Waals surface area contributed by atoms with Gasteiger partial charge in [0.1, 0.15) is 9.96 Å². The summed E-state index contributed by atoms with van der Waals surface area (Å²) in [7, 11) is -3.63. The number of thiophene rings is 1. The van der Waals surface area contributed by atoms with Crippen molar-refractivity contribution in [2.75, 3.05) is 6.61 Å². The van der Waals surface area contributed by atoms with Gasteiger partial charge in [0.05, 0.1) is 6.61 Å². The van der Waals surface area contributed by atoms with Crippen LogP contribution in [0.15, 0.2) is 33.9 Å². The van der Waals surface area contributed by atoms with E-state index in [4.69, 9.17) is 9.88 Å². The second kappa shape index (κ2) is 5.76. The van der Waals surface area contributed by atoms with E-state index in [1.165, 1.54) is 5.56 Å². The molecule has 1 aliphatic heterocycles. The molecular formula is C14H16N2O3S2. The molecule has 21 heavy (non-hydrogen) atoms. The third kappa shape index (κ3) is 3.26. The summed E-state index contributed by atoms with van der Waals surface area (Å²) in [6.45, 7) is 1.90. The van der Waals surface area contributed by atoms with E-state index in [1.807, 2.05) is 12.1 Å². The summed E-state index contributed by atoms with van der Waals surface area (Å²) in [6, 6.07) is 7.92. The normalized spacial score (nSPS) is 14.0. The summed E-state index contributed by atoms with van der Waals surface area (Å²) >= 11 is 1.15. The van der Waals surface area contributed by atoms with E-state index in [9.17, 15) is 8.42 Å². The van der Waals surface area contributed by atoms with Crippen LogP contribution in [0.2, 0.25) is 0 Å². The zero-order valence-electron chi connectivity index (χ0n) is 11.3. The minimum atomic E-state index is -3.63. The Bertz CT molecular complexity index is 753. The lowest BCUT2D eigenvalue weighted by atomic mass is 10.1. The fourth-order valence-corrected chi connectivity index (χ4v) is 4.25. The molecule has 5 nitrogen and oxygen atoms in total. The zero-order valence-corrected chi connectivity index (χ0v) is 13.0. The van der Waals surface area contributed by atoms with Crippen LogP contribution in [0.1, 0.15) is 16.7 Å². The Morgan fingerprint density at radius 1 is 1.29 bits per heavy atom. The Kier molecular flexibility index (Phi) is 3.99. The molecule has 0 fully saturated rings. The molecule has 2 heterocycles. The van der Waals surface area contributed by atoms with E-state index in [-0.39, 0.29) is 4.21 Å². The van der Waals surface area contributed by atoms with Crippen molar-refractivity contribution in [2.24, 2.45) is 5.14 Å². The Morgan fingerprint density at radius 2 is 2.14 bits per heavy atom. The first kappa shape index (κ1) is 14.5. The van der Waals surface area contributed by atoms with Crippen molar-refractivity contribution >= 4 is 21.4 Å². The first-order chi connectivity index (χ1) is 10.0. The van der Waals surface area contributed by atoms with Crippen LogP contribution in [0.25, 0.3) is 0 Å². The number of nitrogens with one attached hydrogen (secondary N) is 1. The van der Waals surface area contributed by atoms with Crippen molar-refractivity contribution in [1.82, 2.24) is 5.32 Å². The summed E-state index contributed by atoms with van der Waals surface area (Å²) in [5.41, 5.74) is 3.11. The second-order valence-electron chi connectivity index (χ2n) is 4.92. The van der Waals surface area contributed by atoms with Gasteiger partial charge in [-0.15, -0.1) is 11.3 Å². The van der Waals surface area contributed by atoms with Crippen LogP contribution in [0.4, 0.5) is 0 Å². The van der Waals surface area contributed by atoms with E-state index in [0.717, 1.165) is 35.7 Å². The summed E-state index contributed by atoms with van der Waals surface area (Å²) in [6.07, 6.45) is 0.948. The van der Waals surface area contributed by atoms with Crippen LogP contribution >= 0.6 is 11.3 Å². The maximum atomic E-state index is 11.4. The van der Waals surface area contributed by atoms with E-state index >= 15 is 0 Å². The van der Waals surface area contributed by atoms with Crippen molar-refractivity contribution in [3.8, 4) is 5.75 Å². The third-order valence-corrected chi connectivity index (χ3v) is 5.88. The highest BCUT2D eigenvalue weighted by molar-refractivity contribution is 7.91. The molecule has 0 unspecified atom stereocenters. The van der Waals surface area contributed by atoms with Gasteiger partial charge in [-0.3, -0.25) is 0 Å². The lowest BCUT2D eigenvalue weighted by Crippen LogP contribution is -2.17. The van der Waals surface area contributed by atoms with Crippen LogP contribution < -0.4 is 15.2 Å². The van der Waals surface area contributed by atoms with Gasteiger partial charge in [-0.25, -0.2) is 13.6 Å². The van der Waals surface area contributed by atoms with E-state index in [0.29, 0.717) is 18.7 Å². The number of rotatable bonds is 5. The maximum Gasteiger partial charge on any atom is 0.247 e. The number of sulfonamides is 1. The topological polar surface area (TPSA) is 81.4 Å². The molecule has 0 amide bonds. The fourth-order valence-electron chi connectivity index (χ4n) is 2.39. The van der Waals surface area contributed by atoms with Crippen LogP contribution in [-0.2, 0) is 29.5 Å². The van der Waals surface area contributed by atoms with Crippen LogP contribution in [0, 0.1) is 0 Å². The Labute approximate surface area is 127 Å². The summed E-state index contributed by atoms with van der Waals surface area (Å²) < 4.78 is 28.5. The van der Waals surface area contributed by atoms with E-state index in [2.05, 4.69) is 11.4 Å². The van der Waals surface area contributed by atoms with Crippen molar-refractivity contribution in [3.63, 3.8) is 0 Å². The molecule has 1 aromatic heterocycles. The summed E-state index contributed by atoms with van der Waals surface area (Å²) in [5.74, 6) is 0.966. The van der Waals surface area contributed by atoms with E-state index in [1.54, 1.807) is 11.4 Å². The highest BCUT2D eigenvalue weighted by atomic mass is 32.2. The number of fused-ring (bicyclic) bond motifs is 1. The predicted octanol–water partition coefficient (Wildman–Crippen LogP) is 1.62. The molecule has 3 N–H and O–H groups in total. The van der Waals surface area contributed by atoms with Gasteiger partial charge in [0.2, 0.25) is 10.0 Å². The minimum Gasteiger partial charge on any atom is -0.493 e. The van der Waals surface area contributed by atoms with Crippen LogP contribution in [-0.4, -0.2) is 15.0 Å². The van der Waals surface area contributed by atoms with Gasteiger partial charge in [0, 0.05) is 19.5 Å². The SMILES string of the molecule is NS(=O)(=O)c1sccc1CNCc1ccc2c(c1)CCO2. The highest BCUT2D eigenvalue weighted by Crippen LogP contribution is 2.26. The molecule has 1 aliphatic rings. The fraction of sp³-hybridized carbons (Fsp3) is 0.286. The maximum absolute atomic E-state index is 11.4. The zero-order chi connectivity index (χ0) is 14.9. The van der Waals surface area contributed by atoms with Gasteiger partial charge in [-0.1, -0.05) is 12.1 Å². The molecule has 0 saturated carbocycles. The van der Waals surface area contributed by atoms with Crippen LogP contribution in [0.3, 0.4) is 0 Å². The van der Waals surface area contributed by atoms with Gasteiger partial charge in [-0.2, -0.15) is 0 Å². The summed E-state index contributed by atoms with van der Waals surface area (Å²) in [5, 5.41) is 10.2. The number of ether oxygens (including phenoxy) is 1. The molecule has 0 bridgehead atoms. The Balaban J connectivity index is 1.63. The molecule has 0 radical (unpaired) electrons. The van der Waals surface area contributed by atoms with Gasteiger partial charge in [0.15, 0.2) is 0 Å². The molecule has 7 heteroatoms. The Morgan fingerprint density at radius 3 is 2.95 bits per heavy atom. The molecule has 2 aromatic rings. The molecule has 1 aromatic carbocycles. The number of nitrogens with two attached hydrogens (primary N) is 1. The van der Waals surface area contributed by atoms with Gasteiger partial charge >= 0.3 is 0 Å². The standard InChI is InChI=1S/C14H16N2O3S2/c15-21(17,18)14-12(4-6-20-14)9-16-8-10-1-2-13-11(7-10)3-5-19-13/h1-2,4,6-7,16H,3,5,8-9H2,(H2,15,17,18). The number of hydrogen-bond donors (Lipinski definition) is 2. The number of benzene rings is 1. The van der Waals surface area contributed by atoms with E-state index < -0.39 is 10.0 Å². The molecular weight excluding hydrogens is 308 g/mol.